The number of carbonyl (C=O) groups excluding carboxylic acids is 1. The Hall–Kier alpha value is -2.70. The van der Waals surface area contributed by atoms with E-state index in [1.54, 1.807) is 12.7 Å². The van der Waals surface area contributed by atoms with E-state index in [0.717, 1.165) is 37.3 Å². The number of carbonyl (C=O) groups is 1. The van der Waals surface area contributed by atoms with Crippen molar-refractivity contribution in [2.45, 2.75) is 25.8 Å². The van der Waals surface area contributed by atoms with Gasteiger partial charge in [0, 0.05) is 25.3 Å². The van der Waals surface area contributed by atoms with Crippen LogP contribution in [0, 0.1) is 6.92 Å². The van der Waals surface area contributed by atoms with Crippen LogP contribution in [-0.4, -0.2) is 48.0 Å². The summed E-state index contributed by atoms with van der Waals surface area (Å²) in [4.78, 5) is 19.2. The summed E-state index contributed by atoms with van der Waals surface area (Å²) in [5.41, 5.74) is 2.26. The number of hydrogen-bond acceptors (Lipinski definition) is 4. The molecule has 1 fully saturated rings. The Kier molecular flexibility index (Phi) is 3.33. The Morgan fingerprint density at radius 2 is 1.91 bits per heavy atom. The number of hydrogen-bond donors (Lipinski definition) is 0. The first-order valence-electron chi connectivity index (χ1n) is 7.81. The van der Waals surface area contributed by atoms with Crippen molar-refractivity contribution in [3.8, 4) is 0 Å². The van der Waals surface area contributed by atoms with E-state index in [-0.39, 0.29) is 5.91 Å². The number of aromatic nitrogens is 5. The Morgan fingerprint density at radius 3 is 2.61 bits per heavy atom. The standard InChI is InChI=1S/C16H18N6O/c1-12-15(19-14-4-2-3-7-22(12)14)16(23)20-8-5-13(6-9-20)21-10-17-18-11-21/h2-4,7,10-11,13H,5-6,8-9H2,1H3. The van der Waals surface area contributed by atoms with Crippen molar-refractivity contribution < 1.29 is 4.79 Å². The second-order valence-electron chi connectivity index (χ2n) is 5.91. The van der Waals surface area contributed by atoms with Gasteiger partial charge in [0.15, 0.2) is 0 Å². The molecule has 0 aliphatic carbocycles. The third kappa shape index (κ3) is 2.38. The zero-order valence-electron chi connectivity index (χ0n) is 13.0. The van der Waals surface area contributed by atoms with Crippen molar-refractivity contribution in [2.24, 2.45) is 0 Å². The fourth-order valence-electron chi connectivity index (χ4n) is 3.24. The number of piperidine rings is 1. The predicted octanol–water partition coefficient (Wildman–Crippen LogP) is 1.71. The molecule has 4 rings (SSSR count). The second-order valence-corrected chi connectivity index (χ2v) is 5.91. The molecule has 1 saturated heterocycles. The summed E-state index contributed by atoms with van der Waals surface area (Å²) in [6.45, 7) is 3.40. The number of imidazole rings is 1. The summed E-state index contributed by atoms with van der Waals surface area (Å²) in [6, 6.07) is 6.17. The van der Waals surface area contributed by atoms with E-state index >= 15 is 0 Å². The van der Waals surface area contributed by atoms with Gasteiger partial charge in [-0.3, -0.25) is 4.79 Å². The van der Waals surface area contributed by atoms with Crippen LogP contribution in [0.25, 0.3) is 5.65 Å². The van der Waals surface area contributed by atoms with Gasteiger partial charge >= 0.3 is 0 Å². The highest BCUT2D eigenvalue weighted by Crippen LogP contribution is 2.23. The van der Waals surface area contributed by atoms with Gasteiger partial charge in [0.2, 0.25) is 0 Å². The average Bonchev–Trinajstić information content (AvgIpc) is 3.23. The lowest BCUT2D eigenvalue weighted by atomic mass is 10.0. The maximum Gasteiger partial charge on any atom is 0.274 e. The molecule has 0 spiro atoms. The summed E-state index contributed by atoms with van der Waals surface area (Å²) < 4.78 is 3.98. The van der Waals surface area contributed by atoms with Gasteiger partial charge in [0.05, 0.1) is 5.69 Å². The molecule has 4 heterocycles. The van der Waals surface area contributed by atoms with Crippen LogP contribution in [0.1, 0.15) is 35.1 Å². The molecule has 0 atom stereocenters. The van der Waals surface area contributed by atoms with Crippen LogP contribution in [0.2, 0.25) is 0 Å². The van der Waals surface area contributed by atoms with Crippen molar-refractivity contribution in [3.05, 3.63) is 48.4 Å². The highest BCUT2D eigenvalue weighted by atomic mass is 16.2. The van der Waals surface area contributed by atoms with Gasteiger partial charge in [-0.25, -0.2) is 4.98 Å². The summed E-state index contributed by atoms with van der Waals surface area (Å²) >= 11 is 0. The summed E-state index contributed by atoms with van der Waals surface area (Å²) in [5.74, 6) is 0.0217. The lowest BCUT2D eigenvalue weighted by Crippen LogP contribution is -2.39. The van der Waals surface area contributed by atoms with Gasteiger partial charge in [0.25, 0.3) is 5.91 Å². The van der Waals surface area contributed by atoms with Crippen molar-refractivity contribution >= 4 is 11.6 Å². The van der Waals surface area contributed by atoms with Crippen LogP contribution in [0.15, 0.2) is 37.1 Å². The lowest BCUT2D eigenvalue weighted by Gasteiger charge is -2.32. The molecule has 0 unspecified atom stereocenters. The molecule has 0 radical (unpaired) electrons. The number of nitrogens with zero attached hydrogens (tertiary/aromatic N) is 6. The molecular weight excluding hydrogens is 292 g/mol. The molecule has 0 bridgehead atoms. The first kappa shape index (κ1) is 13.9. The number of pyridine rings is 1. The topological polar surface area (TPSA) is 68.3 Å². The van der Waals surface area contributed by atoms with Gasteiger partial charge in [0.1, 0.15) is 24.0 Å². The van der Waals surface area contributed by atoms with Crippen LogP contribution in [0.3, 0.4) is 0 Å². The summed E-state index contributed by atoms with van der Waals surface area (Å²) in [7, 11) is 0. The lowest BCUT2D eigenvalue weighted by molar-refractivity contribution is 0.0688. The van der Waals surface area contributed by atoms with E-state index in [0.29, 0.717) is 11.7 Å². The van der Waals surface area contributed by atoms with Crippen molar-refractivity contribution in [3.63, 3.8) is 0 Å². The Balaban J connectivity index is 1.52. The van der Waals surface area contributed by atoms with E-state index in [1.807, 2.05) is 45.2 Å². The number of aryl methyl sites for hydroxylation is 1. The summed E-state index contributed by atoms with van der Waals surface area (Å²) in [6.07, 6.45) is 7.25. The Bertz CT molecular complexity index is 830. The number of fused-ring (bicyclic) bond motifs is 1. The highest BCUT2D eigenvalue weighted by Gasteiger charge is 2.27. The molecule has 1 aliphatic heterocycles. The molecule has 7 nitrogen and oxygen atoms in total. The maximum atomic E-state index is 12.8. The highest BCUT2D eigenvalue weighted by molar-refractivity contribution is 5.94. The van der Waals surface area contributed by atoms with Gasteiger partial charge in [-0.2, -0.15) is 0 Å². The maximum absolute atomic E-state index is 12.8. The third-order valence-corrected chi connectivity index (χ3v) is 4.58. The van der Waals surface area contributed by atoms with Gasteiger partial charge < -0.3 is 13.9 Å². The molecule has 3 aromatic heterocycles. The SMILES string of the molecule is Cc1c(C(=O)N2CCC(n3cnnc3)CC2)nc2ccccn12. The number of likely N-dealkylation sites (tertiary alicyclic amines) is 1. The zero-order valence-corrected chi connectivity index (χ0v) is 13.0. The molecule has 1 aliphatic rings. The molecule has 0 N–H and O–H groups in total. The second kappa shape index (κ2) is 5.49. The molecule has 1 amide bonds. The molecule has 0 saturated carbocycles. The van der Waals surface area contributed by atoms with Crippen LogP contribution in [0.5, 0.6) is 0 Å². The Labute approximate surface area is 133 Å². The van der Waals surface area contributed by atoms with Crippen molar-refractivity contribution in [1.82, 2.24) is 29.0 Å². The third-order valence-electron chi connectivity index (χ3n) is 4.58. The summed E-state index contributed by atoms with van der Waals surface area (Å²) in [5, 5.41) is 7.71. The molecule has 0 aromatic carbocycles. The number of rotatable bonds is 2. The van der Waals surface area contributed by atoms with Gasteiger partial charge in [-0.1, -0.05) is 6.07 Å². The van der Waals surface area contributed by atoms with E-state index < -0.39 is 0 Å². The van der Waals surface area contributed by atoms with Gasteiger partial charge in [-0.15, -0.1) is 10.2 Å². The van der Waals surface area contributed by atoms with Crippen molar-refractivity contribution in [2.75, 3.05) is 13.1 Å². The molecule has 3 aromatic rings. The van der Waals surface area contributed by atoms with E-state index in [2.05, 4.69) is 15.2 Å². The zero-order chi connectivity index (χ0) is 15.8. The monoisotopic (exact) mass is 310 g/mol. The fourth-order valence-corrected chi connectivity index (χ4v) is 3.24. The normalized spacial score (nSPS) is 16.1. The quantitative estimate of drug-likeness (QED) is 0.722. The van der Waals surface area contributed by atoms with Crippen LogP contribution >= 0.6 is 0 Å². The average molecular weight is 310 g/mol. The predicted molar refractivity (Wildman–Crippen MR) is 84.1 cm³/mol. The first-order chi connectivity index (χ1) is 11.2. The molecule has 23 heavy (non-hydrogen) atoms. The minimum atomic E-state index is 0.0217. The van der Waals surface area contributed by atoms with Crippen LogP contribution < -0.4 is 0 Å². The minimum absolute atomic E-state index is 0.0217. The largest absolute Gasteiger partial charge is 0.337 e. The van der Waals surface area contributed by atoms with E-state index in [9.17, 15) is 4.79 Å². The van der Waals surface area contributed by atoms with E-state index in [4.69, 9.17) is 0 Å². The first-order valence-corrected chi connectivity index (χ1v) is 7.81. The van der Waals surface area contributed by atoms with E-state index in [1.165, 1.54) is 0 Å². The molecular formula is C16H18N6O. The van der Waals surface area contributed by atoms with Crippen LogP contribution in [-0.2, 0) is 0 Å². The Morgan fingerprint density at radius 1 is 1.17 bits per heavy atom. The van der Waals surface area contributed by atoms with Gasteiger partial charge in [-0.05, 0) is 31.9 Å². The molecule has 7 heteroatoms. The number of amides is 1. The fraction of sp³-hybridized carbons (Fsp3) is 0.375. The minimum Gasteiger partial charge on any atom is -0.337 e. The van der Waals surface area contributed by atoms with Crippen molar-refractivity contribution in [1.29, 1.82) is 0 Å². The smallest absolute Gasteiger partial charge is 0.274 e. The molecule has 118 valence electrons. The van der Waals surface area contributed by atoms with Crippen LogP contribution in [0.4, 0.5) is 0 Å².